The van der Waals surface area contributed by atoms with Crippen LogP contribution in [0, 0.1) is 0 Å². The molecule has 80 valence electrons. The fraction of sp³-hybridized carbons (Fsp3) is 1.00. The zero-order valence-electron chi connectivity index (χ0n) is 9.53. The highest BCUT2D eigenvalue weighted by Gasteiger charge is 2.17. The second-order valence-corrected chi connectivity index (χ2v) is 4.04. The van der Waals surface area contributed by atoms with Gasteiger partial charge in [-0.25, -0.2) is 0 Å². The van der Waals surface area contributed by atoms with Crippen LogP contribution in [0.2, 0.25) is 0 Å². The van der Waals surface area contributed by atoms with Crippen LogP contribution in [0.25, 0.3) is 0 Å². The molecule has 0 aliphatic heterocycles. The minimum Gasteiger partial charge on any atom is -0.330 e. The minimum atomic E-state index is 0.350. The Balaban J connectivity index is 3.39. The molecule has 0 bridgehead atoms. The summed E-state index contributed by atoms with van der Waals surface area (Å²) < 4.78 is 0. The van der Waals surface area contributed by atoms with Crippen molar-refractivity contribution in [3.63, 3.8) is 0 Å². The maximum absolute atomic E-state index is 5.43. The first-order valence-corrected chi connectivity index (χ1v) is 5.63. The Morgan fingerprint density at radius 3 is 2.15 bits per heavy atom. The SMILES string of the molecule is CCC(C)(CC)NCCCCCN. The summed E-state index contributed by atoms with van der Waals surface area (Å²) in [5, 5.41) is 3.61. The fourth-order valence-electron chi connectivity index (χ4n) is 1.34. The van der Waals surface area contributed by atoms with Crippen LogP contribution in [0.5, 0.6) is 0 Å². The van der Waals surface area contributed by atoms with Gasteiger partial charge in [0.25, 0.3) is 0 Å². The van der Waals surface area contributed by atoms with E-state index in [2.05, 4.69) is 26.1 Å². The van der Waals surface area contributed by atoms with Crippen LogP contribution in [-0.2, 0) is 0 Å². The molecule has 0 saturated carbocycles. The number of unbranched alkanes of at least 4 members (excludes halogenated alkanes) is 2. The van der Waals surface area contributed by atoms with Gasteiger partial charge < -0.3 is 11.1 Å². The van der Waals surface area contributed by atoms with E-state index >= 15 is 0 Å². The van der Waals surface area contributed by atoms with Gasteiger partial charge in [0.1, 0.15) is 0 Å². The summed E-state index contributed by atoms with van der Waals surface area (Å²) in [6.45, 7) is 8.76. The summed E-state index contributed by atoms with van der Waals surface area (Å²) in [4.78, 5) is 0. The van der Waals surface area contributed by atoms with Gasteiger partial charge in [-0.3, -0.25) is 0 Å². The van der Waals surface area contributed by atoms with Gasteiger partial charge in [0.2, 0.25) is 0 Å². The molecule has 2 nitrogen and oxygen atoms in total. The molecular weight excluding hydrogens is 160 g/mol. The highest BCUT2D eigenvalue weighted by Crippen LogP contribution is 2.13. The molecule has 3 N–H and O–H groups in total. The third kappa shape index (κ3) is 6.05. The second-order valence-electron chi connectivity index (χ2n) is 4.04. The van der Waals surface area contributed by atoms with E-state index in [0.717, 1.165) is 19.5 Å². The molecule has 0 aromatic carbocycles. The van der Waals surface area contributed by atoms with E-state index in [-0.39, 0.29) is 0 Å². The summed E-state index contributed by atoms with van der Waals surface area (Å²) in [5.74, 6) is 0. The Kier molecular flexibility index (Phi) is 7.29. The van der Waals surface area contributed by atoms with Gasteiger partial charge in [0, 0.05) is 5.54 Å². The average Bonchev–Trinajstić information content (AvgIpc) is 2.17. The van der Waals surface area contributed by atoms with Crippen molar-refractivity contribution in [1.82, 2.24) is 5.32 Å². The van der Waals surface area contributed by atoms with Gasteiger partial charge in [-0.05, 0) is 45.7 Å². The maximum atomic E-state index is 5.43. The van der Waals surface area contributed by atoms with E-state index in [9.17, 15) is 0 Å². The lowest BCUT2D eigenvalue weighted by molar-refractivity contribution is 0.328. The summed E-state index contributed by atoms with van der Waals surface area (Å²) in [7, 11) is 0. The molecule has 0 radical (unpaired) electrons. The van der Waals surface area contributed by atoms with Gasteiger partial charge in [0.05, 0.1) is 0 Å². The molecule has 0 rings (SSSR count). The van der Waals surface area contributed by atoms with Crippen LogP contribution < -0.4 is 11.1 Å². The highest BCUT2D eigenvalue weighted by molar-refractivity contribution is 4.79. The molecule has 13 heavy (non-hydrogen) atoms. The van der Waals surface area contributed by atoms with Crippen molar-refractivity contribution in [2.75, 3.05) is 13.1 Å². The Hall–Kier alpha value is -0.0800. The normalized spacial score (nSPS) is 12.0. The molecule has 2 heteroatoms. The lowest BCUT2D eigenvalue weighted by Crippen LogP contribution is -2.41. The molecule has 0 fully saturated rings. The summed E-state index contributed by atoms with van der Waals surface area (Å²) in [6.07, 6.45) is 6.09. The lowest BCUT2D eigenvalue weighted by Gasteiger charge is -2.28. The summed E-state index contributed by atoms with van der Waals surface area (Å²) in [6, 6.07) is 0. The smallest absolute Gasteiger partial charge is 0.0148 e. The van der Waals surface area contributed by atoms with Crippen LogP contribution in [0.15, 0.2) is 0 Å². The molecule has 0 aliphatic carbocycles. The minimum absolute atomic E-state index is 0.350. The van der Waals surface area contributed by atoms with Crippen molar-refractivity contribution < 1.29 is 0 Å². The number of nitrogens with one attached hydrogen (secondary N) is 1. The predicted molar refractivity (Wildman–Crippen MR) is 59.9 cm³/mol. The predicted octanol–water partition coefficient (Wildman–Crippen LogP) is 2.28. The third-order valence-electron chi connectivity index (χ3n) is 2.99. The molecule has 0 unspecified atom stereocenters. The van der Waals surface area contributed by atoms with Crippen LogP contribution in [0.4, 0.5) is 0 Å². The van der Waals surface area contributed by atoms with Gasteiger partial charge in [-0.15, -0.1) is 0 Å². The molecule has 0 atom stereocenters. The molecule has 0 amide bonds. The number of nitrogens with two attached hydrogens (primary N) is 1. The fourth-order valence-corrected chi connectivity index (χ4v) is 1.34. The van der Waals surface area contributed by atoms with Gasteiger partial charge >= 0.3 is 0 Å². The zero-order valence-corrected chi connectivity index (χ0v) is 9.53. The van der Waals surface area contributed by atoms with Crippen molar-refractivity contribution in [2.45, 2.75) is 58.4 Å². The highest BCUT2D eigenvalue weighted by atomic mass is 15.0. The van der Waals surface area contributed by atoms with Crippen molar-refractivity contribution >= 4 is 0 Å². The quantitative estimate of drug-likeness (QED) is 0.571. The van der Waals surface area contributed by atoms with Crippen molar-refractivity contribution in [3.05, 3.63) is 0 Å². The van der Waals surface area contributed by atoms with E-state index in [1.807, 2.05) is 0 Å². The average molecular weight is 186 g/mol. The van der Waals surface area contributed by atoms with E-state index in [0.29, 0.717) is 5.54 Å². The summed E-state index contributed by atoms with van der Waals surface area (Å²) >= 11 is 0. The van der Waals surface area contributed by atoms with Crippen LogP contribution in [0.3, 0.4) is 0 Å². The van der Waals surface area contributed by atoms with Crippen LogP contribution >= 0.6 is 0 Å². The monoisotopic (exact) mass is 186 g/mol. The Morgan fingerprint density at radius 2 is 1.69 bits per heavy atom. The van der Waals surface area contributed by atoms with Crippen LogP contribution in [-0.4, -0.2) is 18.6 Å². The van der Waals surface area contributed by atoms with Gasteiger partial charge in [-0.2, -0.15) is 0 Å². The van der Waals surface area contributed by atoms with E-state index in [4.69, 9.17) is 5.73 Å². The molecule has 0 spiro atoms. The number of hydrogen-bond donors (Lipinski definition) is 2. The van der Waals surface area contributed by atoms with Gasteiger partial charge in [-0.1, -0.05) is 20.3 Å². The Morgan fingerprint density at radius 1 is 1.08 bits per heavy atom. The van der Waals surface area contributed by atoms with Crippen molar-refractivity contribution in [1.29, 1.82) is 0 Å². The molecule has 0 aromatic rings. The molecular formula is C11H26N2. The number of hydrogen-bond acceptors (Lipinski definition) is 2. The van der Waals surface area contributed by atoms with Crippen LogP contribution in [0.1, 0.15) is 52.9 Å². The van der Waals surface area contributed by atoms with Gasteiger partial charge in [0.15, 0.2) is 0 Å². The van der Waals surface area contributed by atoms with E-state index in [1.165, 1.54) is 25.7 Å². The maximum Gasteiger partial charge on any atom is 0.0148 e. The number of rotatable bonds is 8. The van der Waals surface area contributed by atoms with E-state index in [1.54, 1.807) is 0 Å². The molecule has 0 aliphatic rings. The topological polar surface area (TPSA) is 38.0 Å². The standard InChI is InChI=1S/C11H26N2/c1-4-11(3,5-2)13-10-8-6-7-9-12/h13H,4-10,12H2,1-3H3. The first kappa shape index (κ1) is 12.9. The second kappa shape index (κ2) is 7.34. The lowest BCUT2D eigenvalue weighted by atomic mass is 9.95. The first-order chi connectivity index (χ1) is 6.18. The zero-order chi connectivity index (χ0) is 10.2. The molecule has 0 aromatic heterocycles. The largest absolute Gasteiger partial charge is 0.330 e. The van der Waals surface area contributed by atoms with Crippen molar-refractivity contribution in [3.8, 4) is 0 Å². The Labute approximate surface area is 83.3 Å². The molecule has 0 saturated heterocycles. The van der Waals surface area contributed by atoms with Crippen molar-refractivity contribution in [2.24, 2.45) is 5.73 Å². The first-order valence-electron chi connectivity index (χ1n) is 5.63. The summed E-state index contributed by atoms with van der Waals surface area (Å²) in [5.41, 5.74) is 5.78. The third-order valence-corrected chi connectivity index (χ3v) is 2.99. The van der Waals surface area contributed by atoms with E-state index < -0.39 is 0 Å². The molecule has 0 heterocycles. The Bertz CT molecular complexity index is 109.